The Morgan fingerprint density at radius 2 is 2.12 bits per heavy atom. The van der Waals surface area contributed by atoms with Gasteiger partial charge in [0.1, 0.15) is 5.00 Å². The van der Waals surface area contributed by atoms with Gasteiger partial charge in [-0.25, -0.2) is 0 Å². The summed E-state index contributed by atoms with van der Waals surface area (Å²) in [7, 11) is 0. The number of unbranched alkanes of at least 4 members (excludes halogenated alkanes) is 2. The molecule has 0 saturated carbocycles. The zero-order valence-corrected chi connectivity index (χ0v) is 11.4. The predicted octanol–water partition coefficient (Wildman–Crippen LogP) is 4.68. The fourth-order valence-electron chi connectivity index (χ4n) is 1.99. The Morgan fingerprint density at radius 3 is 2.94 bits per heavy atom. The predicted molar refractivity (Wildman–Crippen MR) is 76.8 cm³/mol. The fraction of sp³-hybridized carbons (Fsp3) is 0.500. The SMILES string of the molecule is CCCCCC(C)Nc1snc2ccccc12. The summed E-state index contributed by atoms with van der Waals surface area (Å²) in [6.07, 6.45) is 5.16. The van der Waals surface area contributed by atoms with E-state index in [9.17, 15) is 0 Å². The monoisotopic (exact) mass is 248 g/mol. The molecule has 1 unspecified atom stereocenters. The number of nitrogens with one attached hydrogen (secondary N) is 1. The number of aromatic nitrogens is 1. The van der Waals surface area contributed by atoms with Gasteiger partial charge in [-0.1, -0.05) is 38.3 Å². The van der Waals surface area contributed by atoms with Crippen molar-refractivity contribution in [3.05, 3.63) is 24.3 Å². The Balaban J connectivity index is 1.98. The number of nitrogens with zero attached hydrogens (tertiary/aromatic N) is 1. The molecule has 1 heterocycles. The van der Waals surface area contributed by atoms with Crippen molar-refractivity contribution < 1.29 is 0 Å². The first-order chi connectivity index (χ1) is 8.31. The average Bonchev–Trinajstić information content (AvgIpc) is 2.73. The molecule has 0 saturated heterocycles. The van der Waals surface area contributed by atoms with E-state index in [0.29, 0.717) is 6.04 Å². The number of hydrogen-bond donors (Lipinski definition) is 1. The third-order valence-electron chi connectivity index (χ3n) is 3.00. The van der Waals surface area contributed by atoms with Gasteiger partial charge in [0.25, 0.3) is 0 Å². The van der Waals surface area contributed by atoms with E-state index in [-0.39, 0.29) is 0 Å². The molecular formula is C14H20N2S. The van der Waals surface area contributed by atoms with Crippen molar-refractivity contribution in [1.29, 1.82) is 0 Å². The van der Waals surface area contributed by atoms with Crippen molar-refractivity contribution in [3.63, 3.8) is 0 Å². The third-order valence-corrected chi connectivity index (χ3v) is 3.81. The number of rotatable bonds is 6. The Bertz CT molecular complexity index is 464. The molecule has 92 valence electrons. The molecule has 0 aliphatic carbocycles. The summed E-state index contributed by atoms with van der Waals surface area (Å²) in [4.78, 5) is 0. The number of anilines is 1. The van der Waals surface area contributed by atoms with Crippen LogP contribution in [0.25, 0.3) is 10.9 Å². The maximum absolute atomic E-state index is 4.45. The number of benzene rings is 1. The number of fused-ring (bicyclic) bond motifs is 1. The van der Waals surface area contributed by atoms with E-state index < -0.39 is 0 Å². The van der Waals surface area contributed by atoms with Crippen LogP contribution in [0.5, 0.6) is 0 Å². The highest BCUT2D eigenvalue weighted by Crippen LogP contribution is 2.28. The first kappa shape index (κ1) is 12.4. The minimum absolute atomic E-state index is 0.533. The second-order valence-electron chi connectivity index (χ2n) is 4.57. The number of hydrogen-bond acceptors (Lipinski definition) is 3. The molecular weight excluding hydrogens is 228 g/mol. The summed E-state index contributed by atoms with van der Waals surface area (Å²) in [5.41, 5.74) is 1.10. The van der Waals surface area contributed by atoms with Crippen molar-refractivity contribution >= 4 is 27.4 Å². The average molecular weight is 248 g/mol. The molecule has 2 nitrogen and oxygen atoms in total. The van der Waals surface area contributed by atoms with Gasteiger partial charge < -0.3 is 5.32 Å². The van der Waals surface area contributed by atoms with Crippen molar-refractivity contribution in [2.24, 2.45) is 0 Å². The molecule has 2 aromatic rings. The zero-order chi connectivity index (χ0) is 12.1. The molecule has 1 aromatic heterocycles. The minimum Gasteiger partial charge on any atom is -0.373 e. The molecule has 0 spiro atoms. The Morgan fingerprint density at radius 1 is 1.29 bits per heavy atom. The van der Waals surface area contributed by atoms with Crippen molar-refractivity contribution in [2.75, 3.05) is 5.32 Å². The van der Waals surface area contributed by atoms with E-state index in [1.807, 2.05) is 6.07 Å². The van der Waals surface area contributed by atoms with Gasteiger partial charge >= 0.3 is 0 Å². The van der Waals surface area contributed by atoms with Crippen LogP contribution in [0.15, 0.2) is 24.3 Å². The maximum Gasteiger partial charge on any atom is 0.117 e. The van der Waals surface area contributed by atoms with E-state index >= 15 is 0 Å². The standard InChI is InChI=1S/C14H20N2S/c1-3-4-5-8-11(2)15-14-12-9-6-7-10-13(12)16-17-14/h6-7,9-11,15H,3-5,8H2,1-2H3. The first-order valence-electron chi connectivity index (χ1n) is 6.42. The minimum atomic E-state index is 0.533. The summed E-state index contributed by atoms with van der Waals surface area (Å²) in [5.74, 6) is 0. The van der Waals surface area contributed by atoms with Crippen LogP contribution in [0.3, 0.4) is 0 Å². The third kappa shape index (κ3) is 3.19. The second kappa shape index (κ2) is 6.01. The molecule has 0 aliphatic heterocycles. The highest BCUT2D eigenvalue weighted by Gasteiger charge is 2.07. The fourth-order valence-corrected chi connectivity index (χ4v) is 2.86. The van der Waals surface area contributed by atoms with Crippen molar-refractivity contribution in [2.45, 2.75) is 45.6 Å². The largest absolute Gasteiger partial charge is 0.373 e. The van der Waals surface area contributed by atoms with Gasteiger partial charge in [0, 0.05) is 11.4 Å². The van der Waals surface area contributed by atoms with Crippen LogP contribution in [0.4, 0.5) is 5.00 Å². The molecule has 2 rings (SSSR count). The van der Waals surface area contributed by atoms with E-state index in [0.717, 1.165) is 5.52 Å². The van der Waals surface area contributed by atoms with Crippen LogP contribution < -0.4 is 5.32 Å². The van der Waals surface area contributed by atoms with Gasteiger partial charge in [0.15, 0.2) is 0 Å². The lowest BCUT2D eigenvalue weighted by atomic mass is 10.1. The Labute approximate surface area is 107 Å². The Hall–Kier alpha value is -1.09. The molecule has 0 radical (unpaired) electrons. The molecule has 1 aromatic carbocycles. The molecule has 0 fully saturated rings. The van der Waals surface area contributed by atoms with Gasteiger partial charge in [0.05, 0.1) is 5.52 Å². The summed E-state index contributed by atoms with van der Waals surface area (Å²) < 4.78 is 4.45. The summed E-state index contributed by atoms with van der Waals surface area (Å²) >= 11 is 1.57. The highest BCUT2D eigenvalue weighted by atomic mass is 32.1. The molecule has 0 amide bonds. The van der Waals surface area contributed by atoms with Crippen LogP contribution in [0.2, 0.25) is 0 Å². The van der Waals surface area contributed by atoms with Gasteiger partial charge in [0.2, 0.25) is 0 Å². The van der Waals surface area contributed by atoms with Crippen LogP contribution >= 0.6 is 11.5 Å². The van der Waals surface area contributed by atoms with Gasteiger partial charge in [-0.3, -0.25) is 0 Å². The van der Waals surface area contributed by atoms with E-state index in [1.54, 1.807) is 11.5 Å². The van der Waals surface area contributed by atoms with E-state index in [4.69, 9.17) is 0 Å². The smallest absolute Gasteiger partial charge is 0.117 e. The molecule has 1 N–H and O–H groups in total. The normalized spacial score (nSPS) is 12.8. The summed E-state index contributed by atoms with van der Waals surface area (Å²) in [5, 5.41) is 6.04. The molecule has 0 bridgehead atoms. The van der Waals surface area contributed by atoms with Crippen LogP contribution in [0.1, 0.15) is 39.5 Å². The summed E-state index contributed by atoms with van der Waals surface area (Å²) in [6, 6.07) is 8.85. The van der Waals surface area contributed by atoms with Gasteiger partial charge in [-0.2, -0.15) is 4.37 Å². The zero-order valence-electron chi connectivity index (χ0n) is 10.6. The Kier molecular flexibility index (Phi) is 4.37. The van der Waals surface area contributed by atoms with Gasteiger partial charge in [-0.15, -0.1) is 0 Å². The maximum atomic E-state index is 4.45. The molecule has 17 heavy (non-hydrogen) atoms. The highest BCUT2D eigenvalue weighted by molar-refractivity contribution is 7.11. The summed E-state index contributed by atoms with van der Waals surface area (Å²) in [6.45, 7) is 4.50. The van der Waals surface area contributed by atoms with E-state index in [1.165, 1.54) is 36.1 Å². The lowest BCUT2D eigenvalue weighted by Gasteiger charge is -2.13. The topological polar surface area (TPSA) is 24.9 Å². The quantitative estimate of drug-likeness (QED) is 0.751. The van der Waals surface area contributed by atoms with E-state index in [2.05, 4.69) is 41.7 Å². The van der Waals surface area contributed by atoms with Crippen molar-refractivity contribution in [1.82, 2.24) is 4.37 Å². The van der Waals surface area contributed by atoms with Crippen LogP contribution in [-0.4, -0.2) is 10.4 Å². The first-order valence-corrected chi connectivity index (χ1v) is 7.19. The van der Waals surface area contributed by atoms with Crippen LogP contribution in [0, 0.1) is 0 Å². The molecule has 1 atom stereocenters. The second-order valence-corrected chi connectivity index (χ2v) is 5.34. The lowest BCUT2D eigenvalue weighted by molar-refractivity contribution is 0.616. The molecule has 0 aliphatic rings. The van der Waals surface area contributed by atoms with Crippen LogP contribution in [-0.2, 0) is 0 Å². The van der Waals surface area contributed by atoms with Crippen molar-refractivity contribution in [3.8, 4) is 0 Å². The lowest BCUT2D eigenvalue weighted by Crippen LogP contribution is -2.13. The van der Waals surface area contributed by atoms with Gasteiger partial charge in [-0.05, 0) is 37.0 Å². The molecule has 3 heteroatoms.